The monoisotopic (exact) mass is 352 g/mol. The molecule has 0 spiro atoms. The van der Waals surface area contributed by atoms with E-state index in [1.54, 1.807) is 35.3 Å². The van der Waals surface area contributed by atoms with E-state index in [0.717, 1.165) is 11.8 Å². The van der Waals surface area contributed by atoms with Gasteiger partial charge in [-0.25, -0.2) is 13.2 Å². The Morgan fingerprint density at radius 3 is 2.79 bits per heavy atom. The van der Waals surface area contributed by atoms with Gasteiger partial charge in [-0.15, -0.1) is 5.10 Å². The number of anilines is 2. The normalized spacial score (nSPS) is 11.1. The molecular weight excluding hydrogens is 332 g/mol. The number of hydrogen-bond acceptors (Lipinski definition) is 5. The van der Waals surface area contributed by atoms with Crippen molar-refractivity contribution in [2.45, 2.75) is 19.9 Å². The third kappa shape index (κ3) is 5.88. The Labute approximate surface area is 140 Å². The van der Waals surface area contributed by atoms with Crippen molar-refractivity contribution in [2.24, 2.45) is 0 Å². The van der Waals surface area contributed by atoms with Gasteiger partial charge in [-0.1, -0.05) is 11.3 Å². The van der Waals surface area contributed by atoms with Crippen LogP contribution in [0.2, 0.25) is 0 Å². The lowest BCUT2D eigenvalue weighted by Gasteiger charge is -2.12. The van der Waals surface area contributed by atoms with Crippen molar-refractivity contribution >= 4 is 27.4 Å². The molecule has 0 saturated carbocycles. The van der Waals surface area contributed by atoms with Gasteiger partial charge in [0.05, 0.1) is 18.1 Å². The van der Waals surface area contributed by atoms with Crippen LogP contribution in [-0.4, -0.2) is 42.2 Å². The van der Waals surface area contributed by atoms with Crippen molar-refractivity contribution in [3.63, 3.8) is 0 Å². The molecule has 0 radical (unpaired) electrons. The SMILES string of the molecule is Cc1ccc(NS(C)(=O)=O)cc1NC(=O)NCCCn1ccnn1. The van der Waals surface area contributed by atoms with Crippen molar-refractivity contribution in [3.8, 4) is 0 Å². The first-order valence-corrected chi connectivity index (χ1v) is 9.20. The second-order valence-electron chi connectivity index (χ2n) is 5.30. The molecule has 2 amide bonds. The Balaban J connectivity index is 1.85. The number of urea groups is 1. The van der Waals surface area contributed by atoms with Crippen molar-refractivity contribution in [2.75, 3.05) is 22.8 Å². The third-order valence-corrected chi connectivity index (χ3v) is 3.72. The number of nitrogens with zero attached hydrogens (tertiary/aromatic N) is 3. The molecule has 10 heteroatoms. The average Bonchev–Trinajstić information content (AvgIpc) is 2.99. The number of carbonyl (C=O) groups is 1. The number of benzene rings is 1. The van der Waals surface area contributed by atoms with E-state index in [0.29, 0.717) is 30.9 Å². The first-order chi connectivity index (χ1) is 11.3. The summed E-state index contributed by atoms with van der Waals surface area (Å²) in [5.74, 6) is 0. The van der Waals surface area contributed by atoms with Crippen LogP contribution in [0.5, 0.6) is 0 Å². The van der Waals surface area contributed by atoms with E-state index in [2.05, 4.69) is 25.7 Å². The van der Waals surface area contributed by atoms with Crippen LogP contribution in [-0.2, 0) is 16.6 Å². The van der Waals surface area contributed by atoms with Crippen LogP contribution < -0.4 is 15.4 Å². The van der Waals surface area contributed by atoms with Crippen LogP contribution >= 0.6 is 0 Å². The van der Waals surface area contributed by atoms with Crippen LogP contribution in [0.15, 0.2) is 30.6 Å². The summed E-state index contributed by atoms with van der Waals surface area (Å²) < 4.78 is 26.6. The van der Waals surface area contributed by atoms with E-state index >= 15 is 0 Å². The van der Waals surface area contributed by atoms with E-state index in [9.17, 15) is 13.2 Å². The van der Waals surface area contributed by atoms with Gasteiger partial charge in [-0.05, 0) is 31.0 Å². The molecule has 2 aromatic rings. The molecule has 24 heavy (non-hydrogen) atoms. The molecule has 130 valence electrons. The number of hydrogen-bond donors (Lipinski definition) is 3. The van der Waals surface area contributed by atoms with E-state index in [1.807, 2.05) is 6.92 Å². The van der Waals surface area contributed by atoms with Gasteiger partial charge in [0.25, 0.3) is 0 Å². The quantitative estimate of drug-likeness (QED) is 0.647. The summed E-state index contributed by atoms with van der Waals surface area (Å²) in [4.78, 5) is 11.9. The minimum atomic E-state index is -3.37. The molecule has 1 aromatic carbocycles. The highest BCUT2D eigenvalue weighted by Gasteiger charge is 2.07. The highest BCUT2D eigenvalue weighted by molar-refractivity contribution is 7.92. The zero-order chi connectivity index (χ0) is 17.6. The molecule has 9 nitrogen and oxygen atoms in total. The van der Waals surface area contributed by atoms with Gasteiger partial charge in [0.15, 0.2) is 0 Å². The lowest BCUT2D eigenvalue weighted by atomic mass is 10.2. The maximum absolute atomic E-state index is 11.9. The summed E-state index contributed by atoms with van der Waals surface area (Å²) in [6.07, 6.45) is 5.14. The summed E-state index contributed by atoms with van der Waals surface area (Å²) in [7, 11) is -3.37. The summed E-state index contributed by atoms with van der Waals surface area (Å²) in [5.41, 5.74) is 1.76. The predicted octanol–water partition coefficient (Wildman–Crippen LogP) is 1.17. The van der Waals surface area contributed by atoms with Gasteiger partial charge in [0.2, 0.25) is 10.0 Å². The first-order valence-electron chi connectivity index (χ1n) is 7.31. The molecule has 1 heterocycles. The Morgan fingerprint density at radius 2 is 2.12 bits per heavy atom. The topological polar surface area (TPSA) is 118 Å². The van der Waals surface area contributed by atoms with Gasteiger partial charge in [0.1, 0.15) is 0 Å². The van der Waals surface area contributed by atoms with Crippen molar-refractivity contribution in [1.29, 1.82) is 0 Å². The molecule has 2 rings (SSSR count). The largest absolute Gasteiger partial charge is 0.338 e. The molecule has 3 N–H and O–H groups in total. The average molecular weight is 352 g/mol. The molecular formula is C14H20N6O3S. The summed E-state index contributed by atoms with van der Waals surface area (Å²) in [6, 6.07) is 4.59. The Kier molecular flexibility index (Phi) is 5.74. The lowest BCUT2D eigenvalue weighted by Crippen LogP contribution is -2.30. The summed E-state index contributed by atoms with van der Waals surface area (Å²) >= 11 is 0. The maximum Gasteiger partial charge on any atom is 0.319 e. The lowest BCUT2D eigenvalue weighted by molar-refractivity contribution is 0.251. The second kappa shape index (κ2) is 7.77. The molecule has 1 aromatic heterocycles. The zero-order valence-electron chi connectivity index (χ0n) is 13.5. The van der Waals surface area contributed by atoms with Gasteiger partial charge in [0, 0.05) is 25.0 Å². The standard InChI is InChI=1S/C14H20N6O3S/c1-11-4-5-12(18-24(2,22)23)10-13(11)17-14(21)15-6-3-8-20-9-7-16-19-20/h4-5,7,9-10,18H,3,6,8H2,1-2H3,(H2,15,17,21). The highest BCUT2D eigenvalue weighted by atomic mass is 32.2. The number of rotatable bonds is 7. The predicted molar refractivity (Wildman–Crippen MR) is 91.3 cm³/mol. The van der Waals surface area contributed by atoms with Gasteiger partial charge in [-0.3, -0.25) is 9.40 Å². The van der Waals surface area contributed by atoms with Crippen molar-refractivity contribution in [1.82, 2.24) is 20.3 Å². The Bertz CT molecular complexity index is 789. The molecule has 0 aliphatic carbocycles. The fraction of sp³-hybridized carbons (Fsp3) is 0.357. The van der Waals surface area contributed by atoms with Crippen molar-refractivity contribution in [3.05, 3.63) is 36.2 Å². The van der Waals surface area contributed by atoms with Gasteiger partial charge < -0.3 is 10.6 Å². The molecule has 0 unspecified atom stereocenters. The molecule has 0 bridgehead atoms. The number of aryl methyl sites for hydroxylation is 2. The summed E-state index contributed by atoms with van der Waals surface area (Å²) in [6.45, 7) is 2.96. The van der Waals surface area contributed by atoms with E-state index < -0.39 is 10.0 Å². The first kappa shape index (κ1) is 17.7. The van der Waals surface area contributed by atoms with Gasteiger partial charge >= 0.3 is 6.03 Å². The zero-order valence-corrected chi connectivity index (χ0v) is 14.3. The molecule has 0 aliphatic heterocycles. The Hall–Kier alpha value is -2.62. The minimum absolute atomic E-state index is 0.354. The van der Waals surface area contributed by atoms with E-state index in [4.69, 9.17) is 0 Å². The smallest absolute Gasteiger partial charge is 0.319 e. The Morgan fingerprint density at radius 1 is 1.33 bits per heavy atom. The van der Waals surface area contributed by atoms with E-state index in [-0.39, 0.29) is 6.03 Å². The van der Waals surface area contributed by atoms with Crippen LogP contribution in [0.25, 0.3) is 0 Å². The fourth-order valence-corrected chi connectivity index (χ4v) is 2.55. The number of nitrogens with one attached hydrogen (secondary N) is 3. The molecule has 0 saturated heterocycles. The van der Waals surface area contributed by atoms with Crippen LogP contribution in [0.3, 0.4) is 0 Å². The third-order valence-electron chi connectivity index (χ3n) is 3.11. The fourth-order valence-electron chi connectivity index (χ4n) is 2.00. The van der Waals surface area contributed by atoms with Gasteiger partial charge in [-0.2, -0.15) is 0 Å². The maximum atomic E-state index is 11.9. The number of sulfonamides is 1. The minimum Gasteiger partial charge on any atom is -0.338 e. The van der Waals surface area contributed by atoms with Crippen LogP contribution in [0.4, 0.5) is 16.2 Å². The molecule has 0 aliphatic rings. The number of amides is 2. The number of aromatic nitrogens is 3. The second-order valence-corrected chi connectivity index (χ2v) is 7.05. The van der Waals surface area contributed by atoms with E-state index in [1.165, 1.54) is 0 Å². The molecule has 0 atom stereocenters. The van der Waals surface area contributed by atoms with Crippen molar-refractivity contribution < 1.29 is 13.2 Å². The number of carbonyl (C=O) groups excluding carboxylic acids is 1. The molecule has 0 fully saturated rings. The van der Waals surface area contributed by atoms with Crippen LogP contribution in [0, 0.1) is 6.92 Å². The summed E-state index contributed by atoms with van der Waals surface area (Å²) in [5, 5.41) is 13.0. The van der Waals surface area contributed by atoms with Crippen LogP contribution in [0.1, 0.15) is 12.0 Å². The highest BCUT2D eigenvalue weighted by Crippen LogP contribution is 2.20.